The van der Waals surface area contributed by atoms with Crippen LogP contribution in [0, 0.1) is 40.4 Å². The first-order valence-electron chi connectivity index (χ1n) is 11.3. The third kappa shape index (κ3) is 3.05. The number of fused-ring (bicyclic) bond motifs is 5. The molecule has 27 heavy (non-hydrogen) atoms. The van der Waals surface area contributed by atoms with Crippen LogP contribution in [0.15, 0.2) is 12.2 Å². The van der Waals surface area contributed by atoms with E-state index >= 15 is 0 Å². The van der Waals surface area contributed by atoms with Crippen molar-refractivity contribution in [3.05, 3.63) is 12.2 Å². The van der Waals surface area contributed by atoms with Crippen LogP contribution in [-0.2, 0) is 9.59 Å². The van der Waals surface area contributed by atoms with Gasteiger partial charge in [-0.15, -0.1) is 0 Å². The van der Waals surface area contributed by atoms with Crippen molar-refractivity contribution in [3.63, 3.8) is 0 Å². The van der Waals surface area contributed by atoms with Crippen molar-refractivity contribution < 1.29 is 9.59 Å². The average Bonchev–Trinajstić information content (AvgIpc) is 2.95. The topological polar surface area (TPSA) is 60.2 Å². The minimum absolute atomic E-state index is 0.131. The first-order chi connectivity index (χ1) is 12.9. The van der Waals surface area contributed by atoms with Crippen LogP contribution >= 0.6 is 0 Å². The standard InChI is InChI=1S/C24H37NO2/c1-23-11-9-16(6-4-3-5-13-25)14-20(23)21(26)15-17-18-7-8-22(27)24(18,2)12-10-19(17)23/h4,6,16-20H,3,5,7-15,25H2,1-2H3/t16-,17-,18-,19-,20?,23+,24-/m0/s1. The van der Waals surface area contributed by atoms with Crippen LogP contribution in [0.1, 0.15) is 78.1 Å². The Kier molecular flexibility index (Phi) is 5.12. The molecule has 0 spiro atoms. The molecule has 150 valence electrons. The van der Waals surface area contributed by atoms with E-state index in [4.69, 9.17) is 5.73 Å². The number of ketones is 2. The molecule has 3 heteroatoms. The predicted octanol–water partition coefficient (Wildman–Crippen LogP) is 4.69. The molecule has 0 aliphatic heterocycles. The van der Waals surface area contributed by atoms with Gasteiger partial charge in [-0.3, -0.25) is 9.59 Å². The number of hydrogen-bond donors (Lipinski definition) is 1. The quantitative estimate of drug-likeness (QED) is 0.576. The second-order valence-electron chi connectivity index (χ2n) is 10.4. The van der Waals surface area contributed by atoms with E-state index in [9.17, 15) is 9.59 Å². The van der Waals surface area contributed by atoms with E-state index in [2.05, 4.69) is 26.0 Å². The Balaban J connectivity index is 1.52. The van der Waals surface area contributed by atoms with Crippen molar-refractivity contribution in [1.82, 2.24) is 0 Å². The van der Waals surface area contributed by atoms with Crippen molar-refractivity contribution in [2.75, 3.05) is 6.54 Å². The van der Waals surface area contributed by atoms with Crippen LogP contribution < -0.4 is 5.73 Å². The highest BCUT2D eigenvalue weighted by molar-refractivity contribution is 5.88. The summed E-state index contributed by atoms with van der Waals surface area (Å²) in [7, 11) is 0. The van der Waals surface area contributed by atoms with Gasteiger partial charge < -0.3 is 5.73 Å². The highest BCUT2D eigenvalue weighted by Gasteiger charge is 2.62. The lowest BCUT2D eigenvalue weighted by Crippen LogP contribution is -2.56. The molecular weight excluding hydrogens is 334 g/mol. The molecule has 7 atom stereocenters. The summed E-state index contributed by atoms with van der Waals surface area (Å²) in [6.45, 7) is 5.37. The number of carbonyl (C=O) groups is 2. The lowest BCUT2D eigenvalue weighted by Gasteiger charge is -2.59. The van der Waals surface area contributed by atoms with E-state index in [-0.39, 0.29) is 16.7 Å². The monoisotopic (exact) mass is 371 g/mol. The fourth-order valence-electron chi connectivity index (χ4n) is 7.54. The lowest BCUT2D eigenvalue weighted by atomic mass is 9.44. The molecule has 4 rings (SSSR count). The van der Waals surface area contributed by atoms with Crippen LogP contribution in [0.3, 0.4) is 0 Å². The number of rotatable bonds is 4. The van der Waals surface area contributed by atoms with Gasteiger partial charge in [0.2, 0.25) is 0 Å². The zero-order valence-corrected chi connectivity index (χ0v) is 17.2. The molecule has 1 unspecified atom stereocenters. The van der Waals surface area contributed by atoms with Gasteiger partial charge in [0.15, 0.2) is 0 Å². The fraction of sp³-hybridized carbons (Fsp3) is 0.833. The molecule has 0 bridgehead atoms. The van der Waals surface area contributed by atoms with E-state index in [0.29, 0.717) is 35.2 Å². The number of nitrogens with two attached hydrogens (primary N) is 1. The van der Waals surface area contributed by atoms with Crippen LogP contribution in [0.5, 0.6) is 0 Å². The largest absolute Gasteiger partial charge is 0.330 e. The number of hydrogen-bond acceptors (Lipinski definition) is 3. The SMILES string of the molecule is C[C@]12CC[C@H](C=CCCCN)CC1C(=O)C[C@@H]1[C@@H]2CC[C@]2(C)C(=O)CC[C@@H]12. The zero-order chi connectivity index (χ0) is 19.2. The summed E-state index contributed by atoms with van der Waals surface area (Å²) in [5, 5.41) is 0. The Morgan fingerprint density at radius 1 is 1.11 bits per heavy atom. The van der Waals surface area contributed by atoms with Gasteiger partial charge in [0.1, 0.15) is 11.6 Å². The van der Waals surface area contributed by atoms with Crippen LogP contribution in [0.4, 0.5) is 0 Å². The van der Waals surface area contributed by atoms with E-state index in [1.54, 1.807) is 0 Å². The van der Waals surface area contributed by atoms with Crippen molar-refractivity contribution in [2.45, 2.75) is 78.1 Å². The summed E-state index contributed by atoms with van der Waals surface area (Å²) in [5.74, 6) is 3.33. The molecule has 0 amide bonds. The minimum atomic E-state index is -0.131. The Hall–Kier alpha value is -0.960. The summed E-state index contributed by atoms with van der Waals surface area (Å²) in [4.78, 5) is 25.8. The van der Waals surface area contributed by atoms with Crippen LogP contribution in [0.25, 0.3) is 0 Å². The minimum Gasteiger partial charge on any atom is -0.330 e. The maximum Gasteiger partial charge on any atom is 0.139 e. The third-order valence-electron chi connectivity index (χ3n) is 9.19. The Labute approximate surface area is 164 Å². The Morgan fingerprint density at radius 2 is 1.93 bits per heavy atom. The van der Waals surface area contributed by atoms with E-state index < -0.39 is 0 Å². The second kappa shape index (κ2) is 7.13. The Bertz CT molecular complexity index is 640. The summed E-state index contributed by atoms with van der Waals surface area (Å²) in [6, 6.07) is 0. The van der Waals surface area contributed by atoms with Gasteiger partial charge in [-0.25, -0.2) is 0 Å². The zero-order valence-electron chi connectivity index (χ0n) is 17.2. The molecule has 4 aliphatic rings. The summed E-state index contributed by atoms with van der Waals surface area (Å²) >= 11 is 0. The molecule has 0 radical (unpaired) electrons. The average molecular weight is 372 g/mol. The first-order valence-corrected chi connectivity index (χ1v) is 11.3. The van der Waals surface area contributed by atoms with Crippen molar-refractivity contribution >= 4 is 11.6 Å². The molecule has 3 nitrogen and oxygen atoms in total. The van der Waals surface area contributed by atoms with Gasteiger partial charge >= 0.3 is 0 Å². The number of allylic oxidation sites excluding steroid dienone is 2. The third-order valence-corrected chi connectivity index (χ3v) is 9.19. The normalized spacial score (nSPS) is 47.0. The second-order valence-corrected chi connectivity index (χ2v) is 10.4. The van der Waals surface area contributed by atoms with E-state index in [1.165, 1.54) is 12.8 Å². The van der Waals surface area contributed by atoms with Gasteiger partial charge in [-0.1, -0.05) is 26.0 Å². The molecule has 0 aromatic rings. The summed E-state index contributed by atoms with van der Waals surface area (Å²) in [5.41, 5.74) is 5.62. The van der Waals surface area contributed by atoms with Gasteiger partial charge in [-0.2, -0.15) is 0 Å². The fourth-order valence-corrected chi connectivity index (χ4v) is 7.54. The summed E-state index contributed by atoms with van der Waals surface area (Å²) in [6.07, 6.45) is 14.9. The van der Waals surface area contributed by atoms with Gasteiger partial charge in [-0.05, 0) is 87.0 Å². The number of Topliss-reactive ketones (excluding diaryl/α,β-unsaturated/α-hetero) is 2. The maximum absolute atomic E-state index is 13.3. The van der Waals surface area contributed by atoms with Crippen molar-refractivity contribution in [3.8, 4) is 0 Å². The highest BCUT2D eigenvalue weighted by Crippen LogP contribution is 2.65. The van der Waals surface area contributed by atoms with E-state index in [0.717, 1.165) is 57.9 Å². The highest BCUT2D eigenvalue weighted by atomic mass is 16.1. The maximum atomic E-state index is 13.3. The van der Waals surface area contributed by atoms with Crippen LogP contribution in [0.2, 0.25) is 0 Å². The predicted molar refractivity (Wildman–Crippen MR) is 108 cm³/mol. The number of carbonyl (C=O) groups excluding carboxylic acids is 2. The first kappa shape index (κ1) is 19.4. The molecule has 4 fully saturated rings. The van der Waals surface area contributed by atoms with Gasteiger partial charge in [0.25, 0.3) is 0 Å². The molecule has 4 saturated carbocycles. The van der Waals surface area contributed by atoms with Gasteiger partial charge in [0.05, 0.1) is 0 Å². The molecular formula is C24H37NO2. The molecule has 0 aromatic carbocycles. The molecule has 0 saturated heterocycles. The van der Waals surface area contributed by atoms with Crippen molar-refractivity contribution in [2.24, 2.45) is 46.2 Å². The lowest BCUT2D eigenvalue weighted by molar-refractivity contribution is -0.157. The molecule has 2 N–H and O–H groups in total. The molecule has 4 aliphatic carbocycles. The smallest absolute Gasteiger partial charge is 0.139 e. The Morgan fingerprint density at radius 3 is 2.70 bits per heavy atom. The van der Waals surface area contributed by atoms with Crippen molar-refractivity contribution in [1.29, 1.82) is 0 Å². The van der Waals surface area contributed by atoms with Crippen LogP contribution in [-0.4, -0.2) is 18.1 Å². The molecule has 0 heterocycles. The van der Waals surface area contributed by atoms with E-state index in [1.807, 2.05) is 0 Å². The molecule has 0 aromatic heterocycles. The summed E-state index contributed by atoms with van der Waals surface area (Å²) < 4.78 is 0. The van der Waals surface area contributed by atoms with Gasteiger partial charge in [0, 0.05) is 24.2 Å². The number of unbranched alkanes of at least 4 members (excludes halogenated alkanes) is 1.